The zero-order valence-electron chi connectivity index (χ0n) is 17.5. The number of carbonyl (C=O) groups is 3. The summed E-state index contributed by atoms with van der Waals surface area (Å²) in [5, 5.41) is 10.9. The van der Waals surface area contributed by atoms with Crippen LogP contribution in [0, 0.1) is 15.5 Å². The molecule has 0 radical (unpaired) electrons. The molecule has 0 spiro atoms. The largest absolute Gasteiger partial charge is 0.465 e. The fraction of sp³-hybridized carbons (Fsp3) is 0.318. The van der Waals surface area contributed by atoms with Gasteiger partial charge in [0.2, 0.25) is 5.91 Å². The number of amides is 2. The Labute approximate surface area is 179 Å². The van der Waals surface area contributed by atoms with Gasteiger partial charge >= 0.3 is 5.97 Å². The predicted octanol–water partition coefficient (Wildman–Crippen LogP) is 3.18. The van der Waals surface area contributed by atoms with Crippen LogP contribution in [0.1, 0.15) is 31.1 Å². The number of nitro groups is 1. The molecular weight excluding hydrogens is 402 g/mol. The van der Waals surface area contributed by atoms with Crippen LogP contribution in [-0.2, 0) is 14.3 Å². The Kier molecular flexibility index (Phi) is 6.05. The number of anilines is 2. The van der Waals surface area contributed by atoms with Crippen LogP contribution >= 0.6 is 0 Å². The van der Waals surface area contributed by atoms with Crippen LogP contribution in [0.15, 0.2) is 48.5 Å². The topological polar surface area (TPSA) is 110 Å². The Morgan fingerprint density at radius 3 is 2.29 bits per heavy atom. The van der Waals surface area contributed by atoms with Crippen LogP contribution < -0.4 is 9.80 Å². The van der Waals surface area contributed by atoms with Crippen LogP contribution in [0.2, 0.25) is 0 Å². The Hall–Kier alpha value is -3.75. The molecule has 2 aromatic rings. The Bertz CT molecular complexity index is 1030. The molecule has 0 N–H and O–H groups in total. The van der Waals surface area contributed by atoms with E-state index in [0.717, 1.165) is 0 Å². The third-order valence-electron chi connectivity index (χ3n) is 5.00. The fourth-order valence-electron chi connectivity index (χ4n) is 3.50. The number of nitrogens with zero attached hydrogens (tertiary/aromatic N) is 3. The van der Waals surface area contributed by atoms with Crippen molar-refractivity contribution in [1.29, 1.82) is 0 Å². The lowest BCUT2D eigenvalue weighted by Gasteiger charge is -2.29. The van der Waals surface area contributed by atoms with Crippen LogP contribution in [0.3, 0.4) is 0 Å². The van der Waals surface area contributed by atoms with Crippen molar-refractivity contribution in [2.24, 2.45) is 5.41 Å². The van der Waals surface area contributed by atoms with Crippen LogP contribution in [0.25, 0.3) is 0 Å². The zero-order valence-corrected chi connectivity index (χ0v) is 17.5. The Morgan fingerprint density at radius 1 is 1.10 bits per heavy atom. The van der Waals surface area contributed by atoms with E-state index in [1.807, 2.05) is 0 Å². The van der Waals surface area contributed by atoms with Crippen LogP contribution in [-0.4, -0.2) is 42.4 Å². The highest BCUT2D eigenvalue weighted by molar-refractivity contribution is 6.13. The number of nitro benzene ring substituents is 1. The van der Waals surface area contributed by atoms with Crippen molar-refractivity contribution in [3.63, 3.8) is 0 Å². The molecule has 0 fully saturated rings. The molecular formula is C22H23N3O6. The van der Waals surface area contributed by atoms with Gasteiger partial charge in [0.15, 0.2) is 0 Å². The van der Waals surface area contributed by atoms with Gasteiger partial charge in [-0.3, -0.25) is 29.4 Å². The van der Waals surface area contributed by atoms with Gasteiger partial charge in [0.25, 0.3) is 11.6 Å². The van der Waals surface area contributed by atoms with E-state index < -0.39 is 22.2 Å². The maximum atomic E-state index is 13.4. The molecule has 31 heavy (non-hydrogen) atoms. The Balaban J connectivity index is 2.06. The molecule has 2 aromatic carbocycles. The van der Waals surface area contributed by atoms with Gasteiger partial charge in [0.1, 0.15) is 6.54 Å². The van der Waals surface area contributed by atoms with Gasteiger partial charge in [-0.05, 0) is 45.0 Å². The Morgan fingerprint density at radius 2 is 1.71 bits per heavy atom. The molecule has 1 aliphatic rings. The number of fused-ring (bicyclic) bond motifs is 1. The van der Waals surface area contributed by atoms with Crippen molar-refractivity contribution < 1.29 is 24.0 Å². The highest BCUT2D eigenvalue weighted by Crippen LogP contribution is 2.38. The number of hydrogen-bond donors (Lipinski definition) is 0. The van der Waals surface area contributed by atoms with E-state index in [1.165, 1.54) is 34.1 Å². The first kappa shape index (κ1) is 21.9. The second-order valence-corrected chi connectivity index (χ2v) is 7.76. The van der Waals surface area contributed by atoms with E-state index in [-0.39, 0.29) is 36.9 Å². The SMILES string of the molecule is CCOC(=O)CN1C(=O)C(C)(C)CN(C(=O)c2ccc([N+](=O)[O-])cc2)c2ccccc21. The second kappa shape index (κ2) is 8.55. The molecule has 9 nitrogen and oxygen atoms in total. The molecule has 0 saturated carbocycles. The number of esters is 1. The summed E-state index contributed by atoms with van der Waals surface area (Å²) in [7, 11) is 0. The van der Waals surface area contributed by atoms with Crippen molar-refractivity contribution >= 4 is 34.8 Å². The summed E-state index contributed by atoms with van der Waals surface area (Å²) in [5.74, 6) is -1.26. The number of ether oxygens (including phenoxy) is 1. The number of para-hydroxylation sites is 2. The van der Waals surface area contributed by atoms with Gasteiger partial charge in [0.05, 0.1) is 28.3 Å². The molecule has 0 bridgehead atoms. The van der Waals surface area contributed by atoms with Crippen molar-refractivity contribution in [2.75, 3.05) is 29.5 Å². The maximum Gasteiger partial charge on any atom is 0.326 e. The van der Waals surface area contributed by atoms with E-state index in [4.69, 9.17) is 4.74 Å². The first-order valence-electron chi connectivity index (χ1n) is 9.78. The van der Waals surface area contributed by atoms with Gasteiger partial charge in [-0.15, -0.1) is 0 Å². The average Bonchev–Trinajstić information content (AvgIpc) is 2.82. The molecule has 0 atom stereocenters. The highest BCUT2D eigenvalue weighted by Gasteiger charge is 2.42. The highest BCUT2D eigenvalue weighted by atomic mass is 16.6. The normalized spacial score (nSPS) is 15.1. The smallest absolute Gasteiger partial charge is 0.326 e. The van der Waals surface area contributed by atoms with E-state index >= 15 is 0 Å². The van der Waals surface area contributed by atoms with E-state index in [2.05, 4.69) is 0 Å². The molecule has 0 unspecified atom stereocenters. The van der Waals surface area contributed by atoms with E-state index in [1.54, 1.807) is 45.0 Å². The zero-order chi connectivity index (χ0) is 22.8. The van der Waals surface area contributed by atoms with Crippen molar-refractivity contribution in [3.8, 4) is 0 Å². The summed E-state index contributed by atoms with van der Waals surface area (Å²) in [5.41, 5.74) is 0.0176. The third-order valence-corrected chi connectivity index (χ3v) is 5.00. The number of rotatable bonds is 5. The fourth-order valence-corrected chi connectivity index (χ4v) is 3.50. The third kappa shape index (κ3) is 4.40. The maximum absolute atomic E-state index is 13.4. The molecule has 0 aromatic heterocycles. The summed E-state index contributed by atoms with van der Waals surface area (Å²) in [4.78, 5) is 52.0. The van der Waals surface area contributed by atoms with Crippen molar-refractivity contribution in [3.05, 3.63) is 64.2 Å². The van der Waals surface area contributed by atoms with Gasteiger partial charge in [-0.2, -0.15) is 0 Å². The number of non-ortho nitro benzene ring substituents is 1. The summed E-state index contributed by atoms with van der Waals surface area (Å²) in [6.45, 7) is 5.08. The molecule has 162 valence electrons. The first-order valence-corrected chi connectivity index (χ1v) is 9.78. The molecule has 3 rings (SSSR count). The van der Waals surface area contributed by atoms with Crippen molar-refractivity contribution in [2.45, 2.75) is 20.8 Å². The standard InChI is InChI=1S/C22H23N3O6/c1-4-31-19(26)13-23-17-7-5-6-8-18(17)24(14-22(2,3)21(23)28)20(27)15-9-11-16(12-10-15)25(29)30/h5-12H,4,13-14H2,1-3H3. The van der Waals surface area contributed by atoms with Gasteiger partial charge in [0, 0.05) is 24.2 Å². The summed E-state index contributed by atoms with van der Waals surface area (Å²) in [6, 6.07) is 12.1. The lowest BCUT2D eigenvalue weighted by molar-refractivity contribution is -0.384. The molecule has 2 amide bonds. The molecule has 0 saturated heterocycles. The van der Waals surface area contributed by atoms with Crippen LogP contribution in [0.4, 0.5) is 17.1 Å². The summed E-state index contributed by atoms with van der Waals surface area (Å²) < 4.78 is 5.02. The van der Waals surface area contributed by atoms with Crippen molar-refractivity contribution in [1.82, 2.24) is 0 Å². The minimum Gasteiger partial charge on any atom is -0.465 e. The molecule has 9 heteroatoms. The minimum atomic E-state index is -0.998. The van der Waals surface area contributed by atoms with Crippen LogP contribution in [0.5, 0.6) is 0 Å². The first-order chi connectivity index (χ1) is 14.7. The number of carbonyl (C=O) groups excluding carboxylic acids is 3. The minimum absolute atomic E-state index is 0.0675. The molecule has 0 aliphatic carbocycles. The van der Waals surface area contributed by atoms with E-state index in [0.29, 0.717) is 11.4 Å². The quantitative estimate of drug-likeness (QED) is 0.413. The molecule has 1 aliphatic heterocycles. The number of benzene rings is 2. The molecule has 1 heterocycles. The summed E-state index contributed by atoms with van der Waals surface area (Å²) >= 11 is 0. The predicted molar refractivity (Wildman–Crippen MR) is 114 cm³/mol. The van der Waals surface area contributed by atoms with Gasteiger partial charge < -0.3 is 9.64 Å². The lowest BCUT2D eigenvalue weighted by Crippen LogP contribution is -2.47. The van der Waals surface area contributed by atoms with Gasteiger partial charge in [-0.1, -0.05) is 12.1 Å². The van der Waals surface area contributed by atoms with E-state index in [9.17, 15) is 24.5 Å². The number of hydrogen-bond acceptors (Lipinski definition) is 6. The van der Waals surface area contributed by atoms with Gasteiger partial charge in [-0.25, -0.2) is 0 Å². The average molecular weight is 425 g/mol. The second-order valence-electron chi connectivity index (χ2n) is 7.76. The summed E-state index contributed by atoms with van der Waals surface area (Å²) in [6.07, 6.45) is 0. The lowest BCUT2D eigenvalue weighted by atomic mass is 9.91. The monoisotopic (exact) mass is 425 g/mol.